The van der Waals surface area contributed by atoms with Gasteiger partial charge in [-0.05, 0) is 42.7 Å². The van der Waals surface area contributed by atoms with Crippen molar-refractivity contribution >= 4 is 21.6 Å². The maximum atomic E-state index is 5.24. The van der Waals surface area contributed by atoms with E-state index in [4.69, 9.17) is 4.74 Å². The van der Waals surface area contributed by atoms with Crippen LogP contribution in [0.4, 0.5) is 0 Å². The summed E-state index contributed by atoms with van der Waals surface area (Å²) in [6.07, 6.45) is 0.948. The van der Waals surface area contributed by atoms with Gasteiger partial charge in [0.25, 0.3) is 0 Å². The van der Waals surface area contributed by atoms with Crippen LogP contribution in [0.3, 0.4) is 0 Å². The van der Waals surface area contributed by atoms with Crippen LogP contribution >= 0.6 is 15.9 Å². The molecule has 2 N–H and O–H groups in total. The highest BCUT2D eigenvalue weighted by atomic mass is 79.9. The molecule has 6 nitrogen and oxygen atoms in total. The maximum absolute atomic E-state index is 5.24. The Hall–Kier alpha value is -1.34. The zero-order valence-corrected chi connectivity index (χ0v) is 13.6. The first-order valence-corrected chi connectivity index (χ1v) is 7.38. The van der Waals surface area contributed by atoms with Gasteiger partial charge in [0, 0.05) is 11.6 Å². The summed E-state index contributed by atoms with van der Waals surface area (Å²) in [5.74, 6) is 1.85. The maximum Gasteiger partial charge on any atom is 0.190 e. The van der Waals surface area contributed by atoms with Crippen molar-refractivity contribution in [3.63, 3.8) is 0 Å². The van der Waals surface area contributed by atoms with Crippen molar-refractivity contribution in [3.05, 3.63) is 28.3 Å². The molecule has 0 fully saturated rings. The Morgan fingerprint density at radius 2 is 2.35 bits per heavy atom. The van der Waals surface area contributed by atoms with Gasteiger partial charge in [-0.3, -0.25) is 10.4 Å². The van der Waals surface area contributed by atoms with E-state index in [0.717, 1.165) is 40.4 Å². The van der Waals surface area contributed by atoms with Crippen LogP contribution in [0.1, 0.15) is 37.7 Å². The lowest BCUT2D eigenvalue weighted by molar-refractivity contribution is 0.190. The molecule has 2 rings (SSSR count). The number of aryl methyl sites for hydroxylation is 1. The van der Waals surface area contributed by atoms with Crippen molar-refractivity contribution in [2.24, 2.45) is 0 Å². The highest BCUT2D eigenvalue weighted by Crippen LogP contribution is 2.22. The Morgan fingerprint density at radius 1 is 1.60 bits per heavy atom. The van der Waals surface area contributed by atoms with Crippen molar-refractivity contribution in [2.75, 3.05) is 13.3 Å². The summed E-state index contributed by atoms with van der Waals surface area (Å²) in [4.78, 5) is 4.56. The van der Waals surface area contributed by atoms with Crippen LogP contribution in [0.5, 0.6) is 0 Å². The molecular weight excluding hydrogens is 322 g/mol. The third-order valence-corrected chi connectivity index (χ3v) is 3.99. The zero-order valence-electron chi connectivity index (χ0n) is 12.0. The molecule has 0 aliphatic heterocycles. The van der Waals surface area contributed by atoms with Gasteiger partial charge in [0.05, 0.1) is 10.2 Å². The number of allylic oxidation sites excluding steroid dienone is 1. The van der Waals surface area contributed by atoms with E-state index < -0.39 is 0 Å². The van der Waals surface area contributed by atoms with Gasteiger partial charge in [-0.25, -0.2) is 4.98 Å². The second-order valence-electron chi connectivity index (χ2n) is 4.94. The summed E-state index contributed by atoms with van der Waals surface area (Å²) in [5.41, 5.74) is 1.86. The summed E-state index contributed by atoms with van der Waals surface area (Å²) < 4.78 is 7.92. The average Bonchev–Trinajstić information content (AvgIpc) is 2.90. The number of H-pyrrole nitrogens is 1. The molecule has 0 aliphatic rings. The van der Waals surface area contributed by atoms with Gasteiger partial charge in [-0.2, -0.15) is 4.63 Å². The van der Waals surface area contributed by atoms with Crippen LogP contribution in [-0.2, 0) is 4.74 Å². The molecule has 7 heteroatoms. The van der Waals surface area contributed by atoms with Gasteiger partial charge < -0.3 is 4.74 Å². The smallest absolute Gasteiger partial charge is 0.190 e. The molecule has 2 heterocycles. The summed E-state index contributed by atoms with van der Waals surface area (Å²) >= 11 is 3.51. The summed E-state index contributed by atoms with van der Waals surface area (Å²) in [5, 5.41) is 10.8. The number of nitrogens with one attached hydrogen (secondary N) is 2. The SMILES string of the molecule is C=C(C)OCNCCC(C)c1nc2c(Br)c(C)[nH]n2n1. The topological polar surface area (TPSA) is 67.2 Å². The van der Waals surface area contributed by atoms with E-state index in [-0.39, 0.29) is 5.92 Å². The minimum absolute atomic E-state index is 0.285. The molecule has 2 aromatic rings. The summed E-state index contributed by atoms with van der Waals surface area (Å²) in [7, 11) is 0. The van der Waals surface area contributed by atoms with Crippen LogP contribution in [-0.4, -0.2) is 33.1 Å². The Morgan fingerprint density at radius 3 is 3.00 bits per heavy atom. The predicted molar refractivity (Wildman–Crippen MR) is 81.6 cm³/mol. The number of halogens is 1. The monoisotopic (exact) mass is 341 g/mol. The van der Waals surface area contributed by atoms with Crippen molar-refractivity contribution < 1.29 is 4.74 Å². The quantitative estimate of drug-likeness (QED) is 0.461. The van der Waals surface area contributed by atoms with E-state index in [1.165, 1.54) is 0 Å². The molecule has 20 heavy (non-hydrogen) atoms. The first kappa shape index (κ1) is 15.1. The lowest BCUT2D eigenvalue weighted by atomic mass is 10.1. The standard InChI is InChI=1S/C13H20BrN5O/c1-8(2)20-7-15-6-5-9(3)12-16-13-11(14)10(4)17-19(13)18-12/h9,15,17H,1,5-7H2,2-4H3. The Balaban J connectivity index is 1.87. The fourth-order valence-corrected chi connectivity index (χ4v) is 2.17. The van der Waals surface area contributed by atoms with Gasteiger partial charge in [-0.15, -0.1) is 5.10 Å². The Labute approximate surface area is 126 Å². The molecule has 0 radical (unpaired) electrons. The van der Waals surface area contributed by atoms with Gasteiger partial charge >= 0.3 is 0 Å². The van der Waals surface area contributed by atoms with Crippen LogP contribution < -0.4 is 5.32 Å². The number of rotatable bonds is 7. The molecule has 2 aromatic heterocycles. The molecule has 0 saturated carbocycles. The van der Waals surface area contributed by atoms with Gasteiger partial charge in [0.2, 0.25) is 0 Å². The lowest BCUT2D eigenvalue weighted by Crippen LogP contribution is -2.20. The molecule has 0 spiro atoms. The average molecular weight is 342 g/mol. The van der Waals surface area contributed by atoms with E-state index in [1.807, 2.05) is 13.8 Å². The van der Waals surface area contributed by atoms with Crippen molar-refractivity contribution in [2.45, 2.75) is 33.1 Å². The molecule has 0 bridgehead atoms. The number of aromatic amines is 1. The number of hydrogen-bond acceptors (Lipinski definition) is 4. The minimum atomic E-state index is 0.285. The molecule has 1 unspecified atom stereocenters. The predicted octanol–water partition coefficient (Wildman–Crippen LogP) is 2.72. The van der Waals surface area contributed by atoms with Crippen LogP contribution in [0.15, 0.2) is 16.8 Å². The van der Waals surface area contributed by atoms with Crippen molar-refractivity contribution in [1.82, 2.24) is 25.1 Å². The second kappa shape index (κ2) is 6.41. The van der Waals surface area contributed by atoms with Gasteiger partial charge in [-0.1, -0.05) is 13.5 Å². The lowest BCUT2D eigenvalue weighted by Gasteiger charge is -2.09. The number of fused-ring (bicyclic) bond motifs is 1. The van der Waals surface area contributed by atoms with Gasteiger partial charge in [0.1, 0.15) is 6.73 Å². The normalized spacial score (nSPS) is 12.8. The molecule has 0 aliphatic carbocycles. The number of hydrogen-bond donors (Lipinski definition) is 2. The Kier molecular flexibility index (Phi) is 4.82. The molecular formula is C13H20BrN5O. The molecule has 0 aromatic carbocycles. The van der Waals surface area contributed by atoms with E-state index in [1.54, 1.807) is 4.63 Å². The molecule has 0 saturated heterocycles. The van der Waals surface area contributed by atoms with Gasteiger partial charge in [0.15, 0.2) is 11.5 Å². The first-order chi connectivity index (χ1) is 9.49. The van der Waals surface area contributed by atoms with Crippen LogP contribution in [0.25, 0.3) is 5.65 Å². The summed E-state index contributed by atoms with van der Waals surface area (Å²) in [6, 6.07) is 0. The fourth-order valence-electron chi connectivity index (χ4n) is 1.83. The van der Waals surface area contributed by atoms with E-state index in [2.05, 4.69) is 49.9 Å². The highest BCUT2D eigenvalue weighted by molar-refractivity contribution is 9.10. The van der Waals surface area contributed by atoms with Crippen molar-refractivity contribution in [3.8, 4) is 0 Å². The highest BCUT2D eigenvalue weighted by Gasteiger charge is 2.15. The molecule has 1 atom stereocenters. The largest absolute Gasteiger partial charge is 0.484 e. The number of ether oxygens (including phenoxy) is 1. The first-order valence-electron chi connectivity index (χ1n) is 6.58. The second-order valence-corrected chi connectivity index (χ2v) is 5.73. The third-order valence-electron chi connectivity index (χ3n) is 3.04. The minimum Gasteiger partial charge on any atom is -0.484 e. The summed E-state index contributed by atoms with van der Waals surface area (Å²) in [6.45, 7) is 11.0. The van der Waals surface area contributed by atoms with Crippen molar-refractivity contribution in [1.29, 1.82) is 0 Å². The third kappa shape index (κ3) is 3.40. The van der Waals surface area contributed by atoms with Crippen LogP contribution in [0, 0.1) is 6.92 Å². The fraction of sp³-hybridized carbons (Fsp3) is 0.538. The van der Waals surface area contributed by atoms with E-state index >= 15 is 0 Å². The molecule has 110 valence electrons. The zero-order chi connectivity index (χ0) is 14.7. The Bertz CT molecular complexity index is 603. The van der Waals surface area contributed by atoms with E-state index in [9.17, 15) is 0 Å². The number of nitrogens with zero attached hydrogens (tertiary/aromatic N) is 3. The van der Waals surface area contributed by atoms with Crippen LogP contribution in [0.2, 0.25) is 0 Å². The number of aromatic nitrogens is 4. The molecule has 0 amide bonds. The van der Waals surface area contributed by atoms with E-state index in [0.29, 0.717) is 6.73 Å².